The van der Waals surface area contributed by atoms with Gasteiger partial charge in [-0.1, -0.05) is 308 Å². The average Bonchev–Trinajstić information content (AvgIpc) is 1.51. The first-order valence-corrected chi connectivity index (χ1v) is 37.1. The van der Waals surface area contributed by atoms with E-state index in [1.807, 2.05) is 11.3 Å². The summed E-state index contributed by atoms with van der Waals surface area (Å²) in [6, 6.07) is 143. The van der Waals surface area contributed by atoms with Gasteiger partial charge in [-0.15, -0.1) is 11.3 Å². The smallest absolute Gasteiger partial charge is 0.0726 e. The van der Waals surface area contributed by atoms with Gasteiger partial charge in [0.25, 0.3) is 0 Å². The van der Waals surface area contributed by atoms with E-state index in [4.69, 9.17) is 0 Å². The van der Waals surface area contributed by atoms with Gasteiger partial charge in [0.15, 0.2) is 0 Å². The molecule has 0 radical (unpaired) electrons. The van der Waals surface area contributed by atoms with Gasteiger partial charge in [0.1, 0.15) is 0 Å². The van der Waals surface area contributed by atoms with E-state index < -0.39 is 16.2 Å². The number of rotatable bonds is 11. The molecule has 0 bridgehead atoms. The quantitative estimate of drug-likeness (QED) is 0.127. The molecule has 0 fully saturated rings. The summed E-state index contributed by atoms with van der Waals surface area (Å²) in [5, 5.41) is 2.54. The minimum atomic E-state index is -0.605. The van der Waals surface area contributed by atoms with Gasteiger partial charge in [0.05, 0.1) is 21.9 Å². The normalized spacial score (nSPS) is 13.9. The molecule has 488 valence electrons. The lowest BCUT2D eigenvalue weighted by molar-refractivity contribution is 0.766. The van der Waals surface area contributed by atoms with Gasteiger partial charge in [-0.2, -0.15) is 0 Å². The van der Waals surface area contributed by atoms with Crippen LogP contribution < -0.4 is 9.80 Å². The fourth-order valence-corrected chi connectivity index (χ4v) is 20.2. The molecule has 0 N–H and O–H groups in total. The molecule has 21 rings (SSSR count). The highest BCUT2D eigenvalue weighted by Gasteiger charge is 2.53. The van der Waals surface area contributed by atoms with Crippen LogP contribution in [0.15, 0.2) is 376 Å². The monoisotopic (exact) mass is 1340 g/mol. The fraction of sp³-hybridized carbons (Fsp3) is 0.0495. The van der Waals surface area contributed by atoms with Crippen molar-refractivity contribution in [3.63, 3.8) is 0 Å². The predicted molar refractivity (Wildman–Crippen MR) is 435 cm³/mol. The Labute approximate surface area is 611 Å². The summed E-state index contributed by atoms with van der Waals surface area (Å²) in [5.74, 6) is 0. The number of benzene rings is 16. The lowest BCUT2D eigenvalue weighted by Crippen LogP contribution is -2.29. The molecular weight excluding hydrogens is 1270 g/mol. The molecular formula is C101H68N2S. The van der Waals surface area contributed by atoms with Crippen LogP contribution in [0.25, 0.3) is 75.8 Å². The zero-order chi connectivity index (χ0) is 68.8. The molecule has 1 heterocycles. The van der Waals surface area contributed by atoms with E-state index in [-0.39, 0.29) is 0 Å². The first-order valence-electron chi connectivity index (χ1n) is 36.3. The second-order valence-corrected chi connectivity index (χ2v) is 29.7. The van der Waals surface area contributed by atoms with Crippen LogP contribution in [-0.4, -0.2) is 0 Å². The van der Waals surface area contributed by atoms with Crippen LogP contribution >= 0.6 is 11.3 Å². The average molecular weight is 1340 g/mol. The topological polar surface area (TPSA) is 6.48 Å². The van der Waals surface area contributed by atoms with E-state index in [0.717, 1.165) is 45.3 Å². The first kappa shape index (κ1) is 60.1. The fourth-order valence-electron chi connectivity index (χ4n) is 19.1. The van der Waals surface area contributed by atoms with E-state index >= 15 is 0 Å². The Hall–Kier alpha value is -12.7. The molecule has 16 aromatic carbocycles. The highest BCUT2D eigenvalue weighted by Crippen LogP contribution is 2.66. The zero-order valence-electron chi connectivity index (χ0n) is 57.6. The molecule has 104 heavy (non-hydrogen) atoms. The molecule has 0 saturated carbocycles. The summed E-state index contributed by atoms with van der Waals surface area (Å²) < 4.78 is 2.57. The molecule has 2 nitrogen and oxygen atoms in total. The predicted octanol–water partition coefficient (Wildman–Crippen LogP) is 26.3. The Bertz CT molecular complexity index is 6000. The molecule has 3 heteroatoms. The standard InChI is InChI=1S/C101H68N2S/c1-65-42-55-80-82-57-52-76(63-93(82)99(91(80)60-65,69-24-7-3-8-25-69)70-26-9-4-10-27-70)102(77-53-58-83-81-56-43-66(2)61-92(81)100(94(83)64-77,71-28-11-5-12-29-71)72-30-13-6-14-31-72)73-48-44-67(45-49-73)68-46-50-74(51-47-68)103(75-54-59-97-86(62-75)84-34-18-22-41-96(84)104-97)95-40-23-39-90-98(95)85-35-17-21-38-89(85)101(90)87-36-19-15-32-78(87)79-33-16-20-37-88(79)101/h3-64H,1-2H3. The third-order valence-electron chi connectivity index (χ3n) is 23.3. The van der Waals surface area contributed by atoms with Crippen LogP contribution in [-0.2, 0) is 16.2 Å². The largest absolute Gasteiger partial charge is 0.310 e. The number of hydrogen-bond donors (Lipinski definition) is 0. The van der Waals surface area contributed by atoms with Crippen molar-refractivity contribution in [3.8, 4) is 55.6 Å². The van der Waals surface area contributed by atoms with Gasteiger partial charge < -0.3 is 9.80 Å². The minimum Gasteiger partial charge on any atom is -0.310 e. The van der Waals surface area contributed by atoms with Crippen LogP contribution in [0.3, 0.4) is 0 Å². The summed E-state index contributed by atoms with van der Waals surface area (Å²) in [5.41, 5.74) is 35.2. The molecule has 1 spiro atoms. The third-order valence-corrected chi connectivity index (χ3v) is 24.5. The maximum absolute atomic E-state index is 2.53. The van der Waals surface area contributed by atoms with E-state index in [0.29, 0.717) is 0 Å². The number of anilines is 6. The summed E-state index contributed by atoms with van der Waals surface area (Å²) in [4.78, 5) is 5.05. The van der Waals surface area contributed by atoms with Gasteiger partial charge in [0.2, 0.25) is 0 Å². The number of hydrogen-bond acceptors (Lipinski definition) is 3. The SMILES string of the molecule is Cc1ccc2c(c1)C(c1ccccc1)(c1ccccc1)c1cc(N(c3ccc(-c4ccc(N(c5ccc6sc7ccccc7c6c5)c5cccc6c5-c5ccccc5C65c6ccccc6-c6ccccc65)cc4)cc3)c3ccc4c(c3)C(c3ccccc3)(c3ccccc3)c3cc(C)ccc3-4)ccc1-2. The lowest BCUT2D eigenvalue weighted by Gasteiger charge is -2.36. The maximum atomic E-state index is 2.53. The Balaban J connectivity index is 0.739. The molecule has 0 unspecified atom stereocenters. The minimum absolute atomic E-state index is 0.485. The van der Waals surface area contributed by atoms with E-state index in [1.165, 1.54) is 143 Å². The summed E-state index contributed by atoms with van der Waals surface area (Å²) >= 11 is 1.86. The van der Waals surface area contributed by atoms with Crippen LogP contribution in [0.5, 0.6) is 0 Å². The Kier molecular flexibility index (Phi) is 13.4. The van der Waals surface area contributed by atoms with Crippen molar-refractivity contribution in [1.29, 1.82) is 0 Å². The summed E-state index contributed by atoms with van der Waals surface area (Å²) in [6.45, 7) is 4.46. The summed E-state index contributed by atoms with van der Waals surface area (Å²) in [6.07, 6.45) is 0. The van der Waals surface area contributed by atoms with Gasteiger partial charge >= 0.3 is 0 Å². The van der Waals surface area contributed by atoms with Crippen molar-refractivity contribution < 1.29 is 0 Å². The third kappa shape index (κ3) is 8.50. The Morgan fingerprint density at radius 3 is 1.08 bits per heavy atom. The molecule has 0 saturated heterocycles. The Morgan fingerprint density at radius 2 is 0.577 bits per heavy atom. The number of nitrogens with zero attached hydrogens (tertiary/aromatic N) is 2. The second kappa shape index (κ2) is 23.2. The zero-order valence-corrected chi connectivity index (χ0v) is 58.4. The van der Waals surface area contributed by atoms with Crippen molar-refractivity contribution in [3.05, 3.63) is 454 Å². The molecule has 0 atom stereocenters. The highest BCUT2D eigenvalue weighted by molar-refractivity contribution is 7.25. The van der Waals surface area contributed by atoms with Gasteiger partial charge in [-0.3, -0.25) is 0 Å². The number of aryl methyl sites for hydroxylation is 2. The van der Waals surface area contributed by atoms with Crippen LogP contribution in [0.2, 0.25) is 0 Å². The molecule has 4 aliphatic carbocycles. The Morgan fingerprint density at radius 1 is 0.221 bits per heavy atom. The number of thiophene rings is 1. The first-order chi connectivity index (χ1) is 51.4. The van der Waals surface area contributed by atoms with E-state index in [9.17, 15) is 0 Å². The number of fused-ring (bicyclic) bond motifs is 19. The van der Waals surface area contributed by atoms with Crippen molar-refractivity contribution in [2.24, 2.45) is 0 Å². The van der Waals surface area contributed by atoms with Crippen molar-refractivity contribution in [1.82, 2.24) is 0 Å². The van der Waals surface area contributed by atoms with Gasteiger partial charge in [-0.05, 0) is 210 Å². The molecule has 1 aromatic heterocycles. The van der Waals surface area contributed by atoms with Crippen molar-refractivity contribution >= 4 is 65.6 Å². The van der Waals surface area contributed by atoms with Gasteiger partial charge in [-0.25, -0.2) is 0 Å². The van der Waals surface area contributed by atoms with Crippen LogP contribution in [0.1, 0.15) is 77.9 Å². The van der Waals surface area contributed by atoms with Crippen molar-refractivity contribution in [2.45, 2.75) is 30.1 Å². The van der Waals surface area contributed by atoms with E-state index in [2.05, 4.69) is 400 Å². The van der Waals surface area contributed by atoms with Gasteiger partial charge in [0, 0.05) is 54.2 Å². The van der Waals surface area contributed by atoms with Crippen molar-refractivity contribution in [2.75, 3.05) is 9.80 Å². The maximum Gasteiger partial charge on any atom is 0.0726 e. The van der Waals surface area contributed by atoms with Crippen LogP contribution in [0, 0.1) is 13.8 Å². The lowest BCUT2D eigenvalue weighted by atomic mass is 9.67. The molecule has 17 aromatic rings. The molecule has 0 aliphatic heterocycles. The molecule has 0 amide bonds. The highest BCUT2D eigenvalue weighted by atomic mass is 32.1. The van der Waals surface area contributed by atoms with Crippen LogP contribution in [0.4, 0.5) is 34.1 Å². The summed E-state index contributed by atoms with van der Waals surface area (Å²) in [7, 11) is 0. The second-order valence-electron chi connectivity index (χ2n) is 28.7. The van der Waals surface area contributed by atoms with E-state index in [1.54, 1.807) is 0 Å². The molecule has 4 aliphatic rings.